The molecule has 21 heavy (non-hydrogen) atoms. The van der Waals surface area contributed by atoms with Crippen LogP contribution < -0.4 is 4.90 Å². The van der Waals surface area contributed by atoms with Crippen LogP contribution in [0.25, 0.3) is 0 Å². The number of hydrogen-bond acceptors (Lipinski definition) is 4. The first-order valence-corrected chi connectivity index (χ1v) is 8.08. The van der Waals surface area contributed by atoms with Crippen LogP contribution in [0.2, 0.25) is 0 Å². The molecule has 0 spiro atoms. The number of aryl methyl sites for hydroxylation is 1. The summed E-state index contributed by atoms with van der Waals surface area (Å²) in [5.74, 6) is -1.14. The Morgan fingerprint density at radius 2 is 2.10 bits per heavy atom. The quantitative estimate of drug-likeness (QED) is 0.926. The number of carboxylic acid groups (broad SMARTS) is 1. The van der Waals surface area contributed by atoms with Gasteiger partial charge in [0.2, 0.25) is 0 Å². The lowest BCUT2D eigenvalue weighted by Gasteiger charge is -2.28. The van der Waals surface area contributed by atoms with Crippen molar-refractivity contribution in [1.82, 2.24) is 4.98 Å². The second-order valence-corrected chi connectivity index (χ2v) is 6.74. The van der Waals surface area contributed by atoms with Crippen LogP contribution in [-0.2, 0) is 24.2 Å². The van der Waals surface area contributed by atoms with E-state index in [0.717, 1.165) is 41.6 Å². The number of carbonyl (C=O) groups is 1. The normalized spacial score (nSPS) is 20.2. The first-order valence-electron chi connectivity index (χ1n) is 7.26. The number of thiazole rings is 1. The molecule has 1 aliphatic carbocycles. The van der Waals surface area contributed by atoms with E-state index >= 15 is 0 Å². The monoisotopic (exact) mass is 300 g/mol. The molecule has 0 bridgehead atoms. The molecule has 2 aromatic rings. The number of hydrogen-bond donors (Lipinski definition) is 1. The average molecular weight is 300 g/mol. The van der Waals surface area contributed by atoms with Crippen LogP contribution in [-0.4, -0.2) is 22.6 Å². The van der Waals surface area contributed by atoms with Gasteiger partial charge >= 0.3 is 5.97 Å². The smallest absolute Gasteiger partial charge is 0.312 e. The summed E-state index contributed by atoms with van der Waals surface area (Å²) in [5.41, 5.74) is 3.58. The van der Waals surface area contributed by atoms with Crippen molar-refractivity contribution < 1.29 is 9.90 Å². The van der Waals surface area contributed by atoms with Crippen molar-refractivity contribution in [2.75, 3.05) is 11.4 Å². The van der Waals surface area contributed by atoms with Gasteiger partial charge in [0.25, 0.3) is 0 Å². The predicted molar refractivity (Wildman–Crippen MR) is 82.0 cm³/mol. The summed E-state index contributed by atoms with van der Waals surface area (Å²) in [5, 5.41) is 10.2. The zero-order valence-electron chi connectivity index (χ0n) is 11.6. The van der Waals surface area contributed by atoms with E-state index in [0.29, 0.717) is 6.42 Å². The molecule has 0 radical (unpaired) electrons. The van der Waals surface area contributed by atoms with Gasteiger partial charge in [-0.3, -0.25) is 4.79 Å². The Kier molecular flexibility index (Phi) is 2.96. The van der Waals surface area contributed by atoms with Crippen molar-refractivity contribution in [3.63, 3.8) is 0 Å². The van der Waals surface area contributed by atoms with Crippen LogP contribution in [0.3, 0.4) is 0 Å². The molecule has 0 saturated carbocycles. The summed E-state index contributed by atoms with van der Waals surface area (Å²) in [6, 6.07) is 8.52. The maximum atomic E-state index is 11.3. The van der Waals surface area contributed by atoms with Crippen molar-refractivity contribution in [3.05, 3.63) is 46.0 Å². The Hall–Kier alpha value is -1.88. The van der Waals surface area contributed by atoms with Crippen molar-refractivity contribution in [2.24, 2.45) is 0 Å². The minimum Gasteiger partial charge on any atom is -0.481 e. The van der Waals surface area contributed by atoms with Crippen LogP contribution in [0.5, 0.6) is 0 Å². The molecule has 4 nitrogen and oxygen atoms in total. The van der Waals surface area contributed by atoms with E-state index < -0.39 is 11.9 Å². The molecular formula is C16H16N2O2S. The van der Waals surface area contributed by atoms with Gasteiger partial charge in [0.05, 0.1) is 5.69 Å². The summed E-state index contributed by atoms with van der Waals surface area (Å²) in [7, 11) is 0. The summed E-state index contributed by atoms with van der Waals surface area (Å²) in [4.78, 5) is 19.4. The Morgan fingerprint density at radius 3 is 2.90 bits per heavy atom. The standard InChI is InChI=1S/C16H16N2O2S/c19-15(20)12-5-6-13-14(12)17-16(21-13)18-8-7-10-3-1-2-4-11(10)9-18/h1-4,12H,5-9H2,(H,19,20). The Balaban J connectivity index is 1.62. The summed E-state index contributed by atoms with van der Waals surface area (Å²) < 4.78 is 0. The molecule has 5 heteroatoms. The third-order valence-electron chi connectivity index (χ3n) is 4.41. The van der Waals surface area contributed by atoms with Gasteiger partial charge in [0.1, 0.15) is 5.92 Å². The SMILES string of the molecule is O=C(O)C1CCc2sc(N3CCc4ccccc4C3)nc21. The minimum atomic E-state index is -0.741. The van der Waals surface area contributed by atoms with Crippen LogP contribution in [0, 0.1) is 0 Å². The molecule has 1 N–H and O–H groups in total. The number of anilines is 1. The second-order valence-electron chi connectivity index (χ2n) is 5.67. The number of fused-ring (bicyclic) bond motifs is 2. The number of carboxylic acids is 1. The highest BCUT2D eigenvalue weighted by atomic mass is 32.1. The lowest BCUT2D eigenvalue weighted by Crippen LogP contribution is -2.30. The van der Waals surface area contributed by atoms with Gasteiger partial charge in [0.15, 0.2) is 5.13 Å². The van der Waals surface area contributed by atoms with Crippen molar-refractivity contribution >= 4 is 22.4 Å². The fraction of sp³-hybridized carbons (Fsp3) is 0.375. The summed E-state index contributed by atoms with van der Waals surface area (Å²) in [6.45, 7) is 1.83. The number of rotatable bonds is 2. The fourth-order valence-electron chi connectivity index (χ4n) is 3.25. The Bertz CT molecular complexity index is 710. The van der Waals surface area contributed by atoms with Crippen LogP contribution in [0.15, 0.2) is 24.3 Å². The maximum Gasteiger partial charge on any atom is 0.312 e. The molecule has 4 rings (SSSR count). The molecule has 0 saturated heterocycles. The molecule has 2 heterocycles. The van der Waals surface area contributed by atoms with E-state index in [-0.39, 0.29) is 0 Å². The van der Waals surface area contributed by atoms with E-state index in [1.807, 2.05) is 0 Å². The van der Waals surface area contributed by atoms with E-state index in [9.17, 15) is 9.90 Å². The van der Waals surface area contributed by atoms with Crippen molar-refractivity contribution in [1.29, 1.82) is 0 Å². The fourth-order valence-corrected chi connectivity index (χ4v) is 4.41. The van der Waals surface area contributed by atoms with E-state index in [1.165, 1.54) is 11.1 Å². The first kappa shape index (κ1) is 12.8. The van der Waals surface area contributed by atoms with Crippen molar-refractivity contribution in [2.45, 2.75) is 31.7 Å². The van der Waals surface area contributed by atoms with E-state index in [4.69, 9.17) is 0 Å². The molecule has 1 aliphatic heterocycles. The van der Waals surface area contributed by atoms with Crippen LogP contribution in [0.1, 0.15) is 34.0 Å². The van der Waals surface area contributed by atoms with Gasteiger partial charge in [0, 0.05) is 18.0 Å². The molecule has 0 fully saturated rings. The maximum absolute atomic E-state index is 11.3. The summed E-state index contributed by atoms with van der Waals surface area (Å²) >= 11 is 1.68. The minimum absolute atomic E-state index is 0.401. The third-order valence-corrected chi connectivity index (χ3v) is 5.60. The number of aliphatic carboxylic acids is 1. The first-order chi connectivity index (χ1) is 10.2. The molecule has 2 aliphatic rings. The average Bonchev–Trinajstić information content (AvgIpc) is 3.06. The van der Waals surface area contributed by atoms with Crippen LogP contribution >= 0.6 is 11.3 Å². The second kappa shape index (κ2) is 4.84. The highest BCUT2D eigenvalue weighted by Gasteiger charge is 2.33. The Morgan fingerprint density at radius 1 is 1.29 bits per heavy atom. The van der Waals surface area contributed by atoms with Gasteiger partial charge in [-0.15, -0.1) is 11.3 Å². The molecule has 1 unspecified atom stereocenters. The van der Waals surface area contributed by atoms with Gasteiger partial charge in [-0.05, 0) is 30.4 Å². The van der Waals surface area contributed by atoms with Gasteiger partial charge in [-0.1, -0.05) is 24.3 Å². The van der Waals surface area contributed by atoms with Crippen molar-refractivity contribution in [3.8, 4) is 0 Å². The summed E-state index contributed by atoms with van der Waals surface area (Å²) in [6.07, 6.45) is 2.59. The highest BCUT2D eigenvalue weighted by Crippen LogP contribution is 2.40. The lowest BCUT2D eigenvalue weighted by molar-refractivity contribution is -0.138. The highest BCUT2D eigenvalue weighted by molar-refractivity contribution is 7.15. The third kappa shape index (κ3) is 2.12. The van der Waals surface area contributed by atoms with Gasteiger partial charge in [-0.25, -0.2) is 4.98 Å². The number of nitrogens with zero attached hydrogens (tertiary/aromatic N) is 2. The molecular weight excluding hydrogens is 284 g/mol. The predicted octanol–water partition coefficient (Wildman–Crippen LogP) is 2.82. The number of aromatic nitrogens is 1. The molecule has 1 aromatic heterocycles. The van der Waals surface area contributed by atoms with Gasteiger partial charge < -0.3 is 10.0 Å². The molecule has 1 aromatic carbocycles. The zero-order chi connectivity index (χ0) is 14.4. The van der Waals surface area contributed by atoms with E-state index in [2.05, 4.69) is 34.1 Å². The largest absolute Gasteiger partial charge is 0.481 e. The van der Waals surface area contributed by atoms with Crippen LogP contribution in [0.4, 0.5) is 5.13 Å². The zero-order valence-corrected chi connectivity index (χ0v) is 12.4. The Labute approximate surface area is 127 Å². The molecule has 1 atom stereocenters. The molecule has 0 amide bonds. The van der Waals surface area contributed by atoms with Gasteiger partial charge in [-0.2, -0.15) is 0 Å². The lowest BCUT2D eigenvalue weighted by atomic mass is 10.0. The molecule has 108 valence electrons. The van der Waals surface area contributed by atoms with E-state index in [1.54, 1.807) is 11.3 Å². The number of benzene rings is 1. The topological polar surface area (TPSA) is 53.4 Å².